The van der Waals surface area contributed by atoms with Gasteiger partial charge < -0.3 is 47.8 Å². The van der Waals surface area contributed by atoms with Crippen molar-refractivity contribution in [3.05, 3.63) is 47.6 Å². The fourth-order valence-electron chi connectivity index (χ4n) is 10.5. The summed E-state index contributed by atoms with van der Waals surface area (Å²) in [5, 5.41) is 23.5. The molecule has 4 aliphatic rings. The molecule has 2 saturated heterocycles. The van der Waals surface area contributed by atoms with Crippen LogP contribution in [-0.2, 0) is 61.3 Å². The van der Waals surface area contributed by atoms with Gasteiger partial charge in [0.15, 0.2) is 5.78 Å². The van der Waals surface area contributed by atoms with Crippen molar-refractivity contribution in [1.82, 2.24) is 4.90 Å². The van der Waals surface area contributed by atoms with E-state index < -0.39 is 97.6 Å². The highest BCUT2D eigenvalue weighted by molar-refractivity contribution is 7.52. The number of Topliss-reactive ketones (excluding diaryl/α,β-unsaturated/α-hetero) is 3. The van der Waals surface area contributed by atoms with Crippen LogP contribution in [0.1, 0.15) is 126 Å². The fourth-order valence-corrected chi connectivity index (χ4v) is 11.3. The Kier molecular flexibility index (Phi) is 23.1. The second-order valence-corrected chi connectivity index (χ2v) is 22.7. The summed E-state index contributed by atoms with van der Waals surface area (Å²) in [4.78, 5) is 72.3. The molecule has 0 spiro atoms. The normalized spacial score (nSPS) is 39.3. The van der Waals surface area contributed by atoms with E-state index in [-0.39, 0.29) is 48.7 Å². The number of amides is 1. The first-order valence-corrected chi connectivity index (χ1v) is 27.3. The number of cyclic esters (lactones) is 1. The molecule has 4 rings (SSSR count). The third kappa shape index (κ3) is 15.9. The van der Waals surface area contributed by atoms with Gasteiger partial charge in [0.05, 0.1) is 24.4 Å². The molecule has 1 saturated carbocycles. The van der Waals surface area contributed by atoms with Crippen LogP contribution in [0.5, 0.6) is 0 Å². The number of aliphatic hydroxyl groups is 2. The number of hydrogen-bond donors (Lipinski definition) is 2. The summed E-state index contributed by atoms with van der Waals surface area (Å²) in [6, 6.07) is -1.17. The molecule has 3 heterocycles. The number of nitrogens with zero attached hydrogens (tertiary/aromatic N) is 1. The maximum Gasteiger partial charge on any atom is 0.329 e. The molecule has 0 aromatic heterocycles. The lowest BCUT2D eigenvalue weighted by atomic mass is 9.78. The predicted octanol–water partition coefficient (Wildman–Crippen LogP) is 7.67. The SMILES string of the molecule is CO[C@H]1C[C@@H]2CC[C@@H](C)[C@@](O)(O2)C(=O)C(=O)N2CCCC[C@H]2C(=O)OC([C@H](C)C[C@@H]2CC[C@@H](OP(C)(=O)OC)[C@H](OC)C2)CC(=O)[C@H](C)/C=C(\C)[C@@H](O)[C@@H](OC)C(=O)[C@H](C)C[C@H](C)/C=C/C=C/C=C/1C. The van der Waals surface area contributed by atoms with Gasteiger partial charge in [-0.15, -0.1) is 0 Å². The standard InChI is InChI=1S/C53H84NO15P/c1-32-18-14-13-15-19-33(2)44(63-8)30-40-23-21-38(7)53(61,68-40)50(58)51(59)54-25-17-16-20-41(54)52(60)67-45(35(4)28-39-22-24-43(46(29-39)64-9)69-70(12,62)66-11)31-42(55)34(3)27-37(6)48(57)49(65-10)47(56)36(5)26-32/h13-15,18-19,27,32,34-36,38-41,43-46,48-49,57,61H,16-17,20-26,28-31H2,1-12H3/b15-13+,18-14+,33-19+,37-27+/t32-,34-,35-,36-,38-,39+,40+,41+,43-,44+,45?,46-,48-,49+,53-,70?/m1/s1. The van der Waals surface area contributed by atoms with Gasteiger partial charge in [-0.05, 0) is 107 Å². The van der Waals surface area contributed by atoms with Crippen molar-refractivity contribution in [2.24, 2.45) is 35.5 Å². The molecule has 0 aromatic rings. The van der Waals surface area contributed by atoms with E-state index in [2.05, 4.69) is 0 Å². The lowest BCUT2D eigenvalue weighted by Gasteiger charge is -2.42. The molecule has 0 radical (unpaired) electrons. The Morgan fingerprint density at radius 2 is 1.57 bits per heavy atom. The van der Waals surface area contributed by atoms with E-state index in [1.165, 1.54) is 25.8 Å². The first-order valence-electron chi connectivity index (χ1n) is 25.3. The van der Waals surface area contributed by atoms with E-state index in [4.69, 9.17) is 32.7 Å². The summed E-state index contributed by atoms with van der Waals surface area (Å²) in [6.45, 7) is 14.1. The highest BCUT2D eigenvalue weighted by Crippen LogP contribution is 2.48. The van der Waals surface area contributed by atoms with E-state index in [0.717, 1.165) is 5.57 Å². The molecule has 1 aliphatic carbocycles. The minimum atomic E-state index is -3.30. The minimum absolute atomic E-state index is 0.00690. The Morgan fingerprint density at radius 3 is 2.23 bits per heavy atom. The van der Waals surface area contributed by atoms with Crippen LogP contribution < -0.4 is 0 Å². The van der Waals surface area contributed by atoms with Gasteiger partial charge in [0, 0.05) is 72.2 Å². The maximum atomic E-state index is 14.5. The van der Waals surface area contributed by atoms with E-state index in [1.807, 2.05) is 58.1 Å². The number of carbonyl (C=O) groups excluding carboxylic acids is 5. The molecule has 3 fully saturated rings. The van der Waals surface area contributed by atoms with E-state index in [1.54, 1.807) is 41.1 Å². The number of esters is 1. The molecule has 1 amide bonds. The predicted molar refractivity (Wildman–Crippen MR) is 265 cm³/mol. The third-order valence-electron chi connectivity index (χ3n) is 15.1. The van der Waals surface area contributed by atoms with Crippen molar-refractivity contribution in [2.45, 2.75) is 180 Å². The summed E-state index contributed by atoms with van der Waals surface area (Å²) in [7, 11) is 2.55. The highest BCUT2D eigenvalue weighted by atomic mass is 31.2. The van der Waals surface area contributed by atoms with Gasteiger partial charge in [-0.25, -0.2) is 4.79 Å². The van der Waals surface area contributed by atoms with Gasteiger partial charge in [-0.1, -0.05) is 71.1 Å². The number of ketones is 3. The Balaban J connectivity index is 1.70. The average molecular weight is 1010 g/mol. The summed E-state index contributed by atoms with van der Waals surface area (Å²) < 4.78 is 53.4. The van der Waals surface area contributed by atoms with E-state index in [0.29, 0.717) is 69.8 Å². The van der Waals surface area contributed by atoms with Crippen LogP contribution in [0.25, 0.3) is 0 Å². The lowest BCUT2D eigenvalue weighted by Crippen LogP contribution is -2.61. The van der Waals surface area contributed by atoms with Gasteiger partial charge in [-0.2, -0.15) is 0 Å². The van der Waals surface area contributed by atoms with Crippen molar-refractivity contribution >= 4 is 36.8 Å². The fraction of sp³-hybridized carbons (Fsp3) is 0.755. The largest absolute Gasteiger partial charge is 0.460 e. The van der Waals surface area contributed by atoms with E-state index in [9.17, 15) is 38.8 Å². The zero-order valence-electron chi connectivity index (χ0n) is 43.8. The van der Waals surface area contributed by atoms with Crippen molar-refractivity contribution in [3.8, 4) is 0 Å². The number of methoxy groups -OCH3 is 3. The first kappa shape index (κ1) is 59.4. The lowest BCUT2D eigenvalue weighted by molar-refractivity contribution is -0.265. The summed E-state index contributed by atoms with van der Waals surface area (Å²) in [6.07, 6.45) is 10.8. The van der Waals surface area contributed by atoms with Crippen LogP contribution >= 0.6 is 7.60 Å². The van der Waals surface area contributed by atoms with Gasteiger partial charge >= 0.3 is 13.6 Å². The summed E-state index contributed by atoms with van der Waals surface area (Å²) >= 11 is 0. The number of carbonyl (C=O) groups is 5. The number of hydrogen-bond acceptors (Lipinski definition) is 15. The van der Waals surface area contributed by atoms with Crippen LogP contribution in [0.3, 0.4) is 0 Å². The number of allylic oxidation sites excluding steroid dienone is 6. The molecular weight excluding hydrogens is 922 g/mol. The van der Waals surface area contributed by atoms with Crippen LogP contribution in [0.15, 0.2) is 47.6 Å². The number of aliphatic hydroxyl groups excluding tert-OH is 1. The Bertz CT molecular complexity index is 1970. The quantitative estimate of drug-likeness (QED) is 0.0982. The van der Waals surface area contributed by atoms with Crippen LogP contribution in [0.4, 0.5) is 0 Å². The summed E-state index contributed by atoms with van der Waals surface area (Å²) in [5.74, 6) is -8.26. The van der Waals surface area contributed by atoms with Crippen LogP contribution in [0.2, 0.25) is 0 Å². The molecule has 396 valence electrons. The molecule has 2 bridgehead atoms. The zero-order chi connectivity index (χ0) is 52.1. The Labute approximate surface area is 416 Å². The first-order chi connectivity index (χ1) is 33.0. The summed E-state index contributed by atoms with van der Waals surface area (Å²) in [5.41, 5.74) is 1.24. The molecule has 3 aliphatic heterocycles. The highest BCUT2D eigenvalue weighted by Gasteiger charge is 2.53. The molecule has 16 nitrogen and oxygen atoms in total. The van der Waals surface area contributed by atoms with Crippen LogP contribution in [-0.4, -0.2) is 141 Å². The molecule has 2 unspecified atom stereocenters. The van der Waals surface area contributed by atoms with Gasteiger partial charge in [0.25, 0.3) is 11.7 Å². The second-order valence-electron chi connectivity index (χ2n) is 20.6. The molecule has 70 heavy (non-hydrogen) atoms. The monoisotopic (exact) mass is 1010 g/mol. The maximum absolute atomic E-state index is 14.5. The minimum Gasteiger partial charge on any atom is -0.460 e. The number of rotatable bonds is 9. The van der Waals surface area contributed by atoms with Crippen molar-refractivity contribution in [2.75, 3.05) is 41.6 Å². The molecule has 0 aromatic carbocycles. The van der Waals surface area contributed by atoms with Gasteiger partial charge in [-0.3, -0.25) is 23.7 Å². The second kappa shape index (κ2) is 27.2. The van der Waals surface area contributed by atoms with Crippen molar-refractivity contribution < 1.29 is 71.5 Å². The Morgan fingerprint density at radius 1 is 0.857 bits per heavy atom. The molecule has 2 N–H and O–H groups in total. The number of piperidine rings is 1. The molecule has 16 atom stereocenters. The van der Waals surface area contributed by atoms with Gasteiger partial charge in [0.1, 0.15) is 30.1 Å². The van der Waals surface area contributed by atoms with Crippen LogP contribution in [0, 0.1) is 35.5 Å². The van der Waals surface area contributed by atoms with Gasteiger partial charge in [0.2, 0.25) is 5.79 Å². The molecular formula is C53H84NO15P. The van der Waals surface area contributed by atoms with E-state index >= 15 is 0 Å². The average Bonchev–Trinajstić information content (AvgIpc) is 3.33. The third-order valence-corrected chi connectivity index (χ3v) is 16.4. The van der Waals surface area contributed by atoms with Crippen molar-refractivity contribution in [1.29, 1.82) is 0 Å². The Hall–Kier alpha value is -3.18. The van der Waals surface area contributed by atoms with Crippen molar-refractivity contribution in [3.63, 3.8) is 0 Å². The topological polar surface area (TPSA) is 211 Å². The smallest absolute Gasteiger partial charge is 0.329 e. The number of fused-ring (bicyclic) bond motifs is 3. The molecule has 17 heteroatoms. The zero-order valence-corrected chi connectivity index (χ0v) is 44.7. The number of ether oxygens (including phenoxy) is 5.